The van der Waals surface area contributed by atoms with Gasteiger partial charge in [-0.25, -0.2) is 0 Å². The van der Waals surface area contributed by atoms with Crippen LogP contribution in [0.2, 0.25) is 0 Å². The SMILES string of the molecule is C=C(C#N)[C@@H](OC(C)=O)c1ccccc1OC. The smallest absolute Gasteiger partial charge is 0.303 e. The summed E-state index contributed by atoms with van der Waals surface area (Å²) in [5, 5.41) is 8.86. The number of nitriles is 1. The predicted molar refractivity (Wildman–Crippen MR) is 62.3 cm³/mol. The molecule has 0 radical (unpaired) electrons. The van der Waals surface area contributed by atoms with E-state index in [1.807, 2.05) is 6.07 Å². The molecule has 0 spiro atoms. The lowest BCUT2D eigenvalue weighted by molar-refractivity contribution is -0.144. The van der Waals surface area contributed by atoms with Crippen molar-refractivity contribution in [3.05, 3.63) is 42.0 Å². The average Bonchev–Trinajstić information content (AvgIpc) is 2.34. The number of nitrogens with zero attached hydrogens (tertiary/aromatic N) is 1. The highest BCUT2D eigenvalue weighted by molar-refractivity contribution is 5.67. The van der Waals surface area contributed by atoms with Gasteiger partial charge in [-0.15, -0.1) is 0 Å². The van der Waals surface area contributed by atoms with Gasteiger partial charge in [0.05, 0.1) is 18.8 Å². The topological polar surface area (TPSA) is 59.3 Å². The van der Waals surface area contributed by atoms with E-state index in [9.17, 15) is 4.79 Å². The van der Waals surface area contributed by atoms with Crippen LogP contribution in [0.3, 0.4) is 0 Å². The van der Waals surface area contributed by atoms with E-state index in [-0.39, 0.29) is 5.57 Å². The first-order valence-electron chi connectivity index (χ1n) is 4.99. The molecule has 0 N–H and O–H groups in total. The van der Waals surface area contributed by atoms with Gasteiger partial charge >= 0.3 is 5.97 Å². The van der Waals surface area contributed by atoms with Gasteiger partial charge in [-0.2, -0.15) is 5.26 Å². The molecule has 0 unspecified atom stereocenters. The fourth-order valence-corrected chi connectivity index (χ4v) is 1.43. The van der Waals surface area contributed by atoms with Crippen LogP contribution in [0, 0.1) is 11.3 Å². The largest absolute Gasteiger partial charge is 0.496 e. The van der Waals surface area contributed by atoms with E-state index in [0.29, 0.717) is 11.3 Å². The number of methoxy groups -OCH3 is 1. The zero-order valence-electron chi connectivity index (χ0n) is 9.77. The summed E-state index contributed by atoms with van der Waals surface area (Å²) in [5.41, 5.74) is 0.765. The van der Waals surface area contributed by atoms with Gasteiger partial charge < -0.3 is 9.47 Å². The minimum absolute atomic E-state index is 0.157. The Kier molecular flexibility index (Phi) is 4.29. The van der Waals surface area contributed by atoms with Crippen LogP contribution >= 0.6 is 0 Å². The van der Waals surface area contributed by atoms with Gasteiger partial charge in [0.2, 0.25) is 0 Å². The molecule has 4 heteroatoms. The highest BCUT2D eigenvalue weighted by Crippen LogP contribution is 2.31. The van der Waals surface area contributed by atoms with Crippen molar-refractivity contribution >= 4 is 5.97 Å². The van der Waals surface area contributed by atoms with E-state index in [0.717, 1.165) is 0 Å². The number of rotatable bonds is 4. The van der Waals surface area contributed by atoms with Crippen LogP contribution in [0.1, 0.15) is 18.6 Å². The molecular weight excluding hydrogens is 218 g/mol. The fourth-order valence-electron chi connectivity index (χ4n) is 1.43. The van der Waals surface area contributed by atoms with E-state index in [2.05, 4.69) is 6.58 Å². The molecule has 0 heterocycles. The number of ether oxygens (including phenoxy) is 2. The van der Waals surface area contributed by atoms with Crippen LogP contribution in [-0.2, 0) is 9.53 Å². The molecule has 1 aromatic carbocycles. The lowest BCUT2D eigenvalue weighted by Gasteiger charge is -2.18. The number of para-hydroxylation sites is 1. The maximum absolute atomic E-state index is 11.0. The summed E-state index contributed by atoms with van der Waals surface area (Å²) < 4.78 is 10.3. The number of carbonyl (C=O) groups is 1. The molecule has 1 rings (SSSR count). The van der Waals surface area contributed by atoms with Crippen LogP contribution in [-0.4, -0.2) is 13.1 Å². The van der Waals surface area contributed by atoms with Gasteiger partial charge in [0, 0.05) is 12.5 Å². The minimum atomic E-state index is -0.798. The number of hydrogen-bond acceptors (Lipinski definition) is 4. The van der Waals surface area contributed by atoms with E-state index >= 15 is 0 Å². The zero-order chi connectivity index (χ0) is 12.8. The van der Waals surface area contributed by atoms with Crippen molar-refractivity contribution < 1.29 is 14.3 Å². The highest BCUT2D eigenvalue weighted by atomic mass is 16.5. The molecule has 4 nitrogen and oxygen atoms in total. The summed E-state index contributed by atoms with van der Waals surface area (Å²) in [5.74, 6) is 0.0763. The number of benzene rings is 1. The first-order valence-corrected chi connectivity index (χ1v) is 4.99. The van der Waals surface area contributed by atoms with Crippen molar-refractivity contribution in [3.63, 3.8) is 0 Å². The van der Waals surface area contributed by atoms with Crippen molar-refractivity contribution in [1.82, 2.24) is 0 Å². The van der Waals surface area contributed by atoms with Crippen LogP contribution in [0.5, 0.6) is 5.75 Å². The molecule has 0 aromatic heterocycles. The van der Waals surface area contributed by atoms with E-state index < -0.39 is 12.1 Å². The molecule has 0 saturated carbocycles. The molecule has 0 saturated heterocycles. The van der Waals surface area contributed by atoms with E-state index in [1.54, 1.807) is 24.3 Å². The molecule has 1 atom stereocenters. The van der Waals surface area contributed by atoms with E-state index in [1.165, 1.54) is 14.0 Å². The van der Waals surface area contributed by atoms with Crippen molar-refractivity contribution in [2.45, 2.75) is 13.0 Å². The maximum Gasteiger partial charge on any atom is 0.303 e. The van der Waals surface area contributed by atoms with Crippen LogP contribution in [0.25, 0.3) is 0 Å². The van der Waals surface area contributed by atoms with E-state index in [4.69, 9.17) is 14.7 Å². The molecule has 1 aromatic rings. The second kappa shape index (κ2) is 5.71. The third kappa shape index (κ3) is 3.08. The summed E-state index contributed by atoms with van der Waals surface area (Å²) in [6.07, 6.45) is -0.798. The normalized spacial score (nSPS) is 11.1. The molecule has 17 heavy (non-hydrogen) atoms. The summed E-state index contributed by atoms with van der Waals surface area (Å²) in [6, 6.07) is 8.93. The van der Waals surface area contributed by atoms with Gasteiger partial charge in [-0.3, -0.25) is 4.79 Å². The molecular formula is C13H13NO3. The zero-order valence-corrected chi connectivity index (χ0v) is 9.77. The Balaban J connectivity index is 3.17. The van der Waals surface area contributed by atoms with Gasteiger partial charge in [0.15, 0.2) is 6.10 Å². The summed E-state index contributed by atoms with van der Waals surface area (Å²) in [4.78, 5) is 11.0. The van der Waals surface area contributed by atoms with Crippen molar-refractivity contribution in [2.24, 2.45) is 0 Å². The molecule has 88 valence electrons. The number of carbonyl (C=O) groups excluding carboxylic acids is 1. The van der Waals surface area contributed by atoms with Gasteiger partial charge in [-0.05, 0) is 6.07 Å². The summed E-state index contributed by atoms with van der Waals surface area (Å²) >= 11 is 0. The fraction of sp³-hybridized carbons (Fsp3) is 0.231. The predicted octanol–water partition coefficient (Wildman–Crippen LogP) is 2.38. The van der Waals surface area contributed by atoms with Gasteiger partial charge in [0.25, 0.3) is 0 Å². The Morgan fingerprint density at radius 1 is 1.47 bits per heavy atom. The Hall–Kier alpha value is -2.28. The maximum atomic E-state index is 11.0. The Morgan fingerprint density at radius 3 is 2.65 bits per heavy atom. The summed E-state index contributed by atoms with van der Waals surface area (Å²) in [7, 11) is 1.51. The quantitative estimate of drug-likeness (QED) is 0.589. The molecule has 0 aliphatic heterocycles. The highest BCUT2D eigenvalue weighted by Gasteiger charge is 2.21. The second-order valence-corrected chi connectivity index (χ2v) is 3.37. The first-order chi connectivity index (χ1) is 8.10. The van der Waals surface area contributed by atoms with Crippen LogP contribution in [0.15, 0.2) is 36.4 Å². The van der Waals surface area contributed by atoms with Gasteiger partial charge in [-0.1, -0.05) is 24.8 Å². The molecule has 0 aliphatic rings. The molecule has 0 aliphatic carbocycles. The average molecular weight is 231 g/mol. The van der Waals surface area contributed by atoms with Crippen molar-refractivity contribution in [3.8, 4) is 11.8 Å². The minimum Gasteiger partial charge on any atom is -0.496 e. The third-order valence-corrected chi connectivity index (χ3v) is 2.17. The standard InChI is InChI=1S/C13H13NO3/c1-9(8-14)13(17-10(2)15)11-6-4-5-7-12(11)16-3/h4-7,13H,1H2,2-3H3/t13-/m1/s1. The van der Waals surface area contributed by atoms with Crippen LogP contribution in [0.4, 0.5) is 0 Å². The molecule has 0 fully saturated rings. The monoisotopic (exact) mass is 231 g/mol. The van der Waals surface area contributed by atoms with Gasteiger partial charge in [0.1, 0.15) is 5.75 Å². The molecule has 0 bridgehead atoms. The van der Waals surface area contributed by atoms with Crippen LogP contribution < -0.4 is 4.74 Å². The third-order valence-electron chi connectivity index (χ3n) is 2.17. The Labute approximate surface area is 100 Å². The Morgan fingerprint density at radius 2 is 2.12 bits per heavy atom. The van der Waals surface area contributed by atoms with Crippen molar-refractivity contribution in [2.75, 3.05) is 7.11 Å². The number of esters is 1. The van der Waals surface area contributed by atoms with Crippen molar-refractivity contribution in [1.29, 1.82) is 5.26 Å². The number of hydrogen-bond donors (Lipinski definition) is 0. The first kappa shape index (κ1) is 12.8. The molecule has 0 amide bonds. The Bertz CT molecular complexity index is 474. The lowest BCUT2D eigenvalue weighted by Crippen LogP contribution is -2.11. The second-order valence-electron chi connectivity index (χ2n) is 3.37. The lowest BCUT2D eigenvalue weighted by atomic mass is 10.0. The summed E-state index contributed by atoms with van der Waals surface area (Å²) in [6.45, 7) is 4.87.